The zero-order chi connectivity index (χ0) is 20.6. The summed E-state index contributed by atoms with van der Waals surface area (Å²) in [5.41, 5.74) is 4.24. The first-order valence-corrected chi connectivity index (χ1v) is 9.98. The molecule has 0 aliphatic carbocycles. The molecule has 29 heavy (non-hydrogen) atoms. The zero-order valence-electron chi connectivity index (χ0n) is 17.0. The Kier molecular flexibility index (Phi) is 7.25. The molecular weight excluding hydrogens is 386 g/mol. The van der Waals surface area contributed by atoms with Gasteiger partial charge in [-0.05, 0) is 55.3 Å². The monoisotopic (exact) mass is 411 g/mol. The van der Waals surface area contributed by atoms with E-state index in [-0.39, 0.29) is 0 Å². The Morgan fingerprint density at radius 1 is 0.897 bits per heavy atom. The van der Waals surface area contributed by atoms with Gasteiger partial charge in [-0.25, -0.2) is 0 Å². The predicted octanol–water partition coefficient (Wildman–Crippen LogP) is 6.25. The summed E-state index contributed by atoms with van der Waals surface area (Å²) in [6, 6.07) is 19.8. The van der Waals surface area contributed by atoms with Crippen LogP contribution in [-0.4, -0.2) is 13.7 Å². The molecule has 4 nitrogen and oxygen atoms in total. The highest BCUT2D eigenvalue weighted by molar-refractivity contribution is 6.31. The summed E-state index contributed by atoms with van der Waals surface area (Å²) in [4.78, 5) is 0. The van der Waals surface area contributed by atoms with E-state index in [1.165, 1.54) is 5.56 Å². The van der Waals surface area contributed by atoms with Gasteiger partial charge in [-0.15, -0.1) is 0 Å². The Bertz CT molecular complexity index is 924. The maximum atomic E-state index is 6.52. The Balaban J connectivity index is 1.71. The minimum atomic E-state index is 0.458. The SMILES string of the molecule is CCOc1cc(CNc2ccc(OC)cc2)c(Cl)cc1OCc1ccc(C)cc1. The first kappa shape index (κ1) is 20.9. The van der Waals surface area contributed by atoms with Crippen molar-refractivity contribution in [3.8, 4) is 17.2 Å². The molecule has 0 radical (unpaired) electrons. The van der Waals surface area contributed by atoms with Crippen LogP contribution in [0.1, 0.15) is 23.6 Å². The molecule has 3 aromatic carbocycles. The van der Waals surface area contributed by atoms with Gasteiger partial charge < -0.3 is 19.5 Å². The van der Waals surface area contributed by atoms with E-state index < -0.39 is 0 Å². The van der Waals surface area contributed by atoms with Crippen molar-refractivity contribution in [3.05, 3.63) is 82.4 Å². The molecule has 0 saturated carbocycles. The minimum Gasteiger partial charge on any atom is -0.497 e. The van der Waals surface area contributed by atoms with Gasteiger partial charge in [0, 0.05) is 23.3 Å². The molecule has 0 bridgehead atoms. The average Bonchev–Trinajstić information content (AvgIpc) is 2.74. The first-order valence-electron chi connectivity index (χ1n) is 9.60. The van der Waals surface area contributed by atoms with Crippen LogP contribution in [0.25, 0.3) is 0 Å². The molecule has 3 rings (SSSR count). The van der Waals surface area contributed by atoms with Gasteiger partial charge in [-0.3, -0.25) is 0 Å². The summed E-state index contributed by atoms with van der Waals surface area (Å²) in [6.07, 6.45) is 0. The Morgan fingerprint density at radius 3 is 2.24 bits per heavy atom. The molecule has 5 heteroatoms. The quantitative estimate of drug-likeness (QED) is 0.452. The van der Waals surface area contributed by atoms with Gasteiger partial charge in [-0.2, -0.15) is 0 Å². The van der Waals surface area contributed by atoms with Crippen molar-refractivity contribution in [2.75, 3.05) is 19.0 Å². The van der Waals surface area contributed by atoms with Crippen LogP contribution in [-0.2, 0) is 13.2 Å². The lowest BCUT2D eigenvalue weighted by molar-refractivity contribution is 0.269. The van der Waals surface area contributed by atoms with E-state index in [2.05, 4.69) is 36.5 Å². The van der Waals surface area contributed by atoms with Gasteiger partial charge >= 0.3 is 0 Å². The third-order valence-corrected chi connectivity index (χ3v) is 4.85. The van der Waals surface area contributed by atoms with Crippen molar-refractivity contribution in [1.29, 1.82) is 0 Å². The molecular formula is C24H26ClNO3. The second-order valence-corrected chi connectivity index (χ2v) is 7.09. The third-order valence-electron chi connectivity index (χ3n) is 4.50. The van der Waals surface area contributed by atoms with E-state index in [0.717, 1.165) is 22.6 Å². The third kappa shape index (κ3) is 5.81. The summed E-state index contributed by atoms with van der Waals surface area (Å²) >= 11 is 6.52. The van der Waals surface area contributed by atoms with E-state index in [0.29, 0.717) is 36.3 Å². The van der Waals surface area contributed by atoms with Crippen LogP contribution in [0.15, 0.2) is 60.7 Å². The van der Waals surface area contributed by atoms with Gasteiger partial charge in [0.25, 0.3) is 0 Å². The van der Waals surface area contributed by atoms with Crippen molar-refractivity contribution < 1.29 is 14.2 Å². The molecule has 0 aliphatic rings. The van der Waals surface area contributed by atoms with E-state index >= 15 is 0 Å². The van der Waals surface area contributed by atoms with Gasteiger partial charge in [0.1, 0.15) is 12.4 Å². The van der Waals surface area contributed by atoms with Crippen molar-refractivity contribution in [2.24, 2.45) is 0 Å². The van der Waals surface area contributed by atoms with Crippen LogP contribution in [0, 0.1) is 6.92 Å². The van der Waals surface area contributed by atoms with Gasteiger partial charge in [0.05, 0.1) is 13.7 Å². The van der Waals surface area contributed by atoms with Crippen molar-refractivity contribution in [1.82, 2.24) is 0 Å². The molecule has 0 saturated heterocycles. The summed E-state index contributed by atoms with van der Waals surface area (Å²) in [7, 11) is 1.65. The number of ether oxygens (including phenoxy) is 3. The number of rotatable bonds is 9. The highest BCUT2D eigenvalue weighted by atomic mass is 35.5. The van der Waals surface area contributed by atoms with Crippen molar-refractivity contribution >= 4 is 17.3 Å². The lowest BCUT2D eigenvalue weighted by atomic mass is 10.1. The summed E-state index contributed by atoms with van der Waals surface area (Å²) in [5.74, 6) is 2.16. The molecule has 0 fully saturated rings. The molecule has 0 heterocycles. The fourth-order valence-corrected chi connectivity index (χ4v) is 3.07. The fraction of sp³-hybridized carbons (Fsp3) is 0.250. The molecule has 152 valence electrons. The Labute approximate surface area is 177 Å². The minimum absolute atomic E-state index is 0.458. The average molecular weight is 412 g/mol. The van der Waals surface area contributed by atoms with E-state index in [1.807, 2.05) is 43.3 Å². The van der Waals surface area contributed by atoms with Crippen LogP contribution in [0.2, 0.25) is 5.02 Å². The van der Waals surface area contributed by atoms with Crippen LogP contribution in [0.3, 0.4) is 0 Å². The van der Waals surface area contributed by atoms with Crippen LogP contribution in [0.5, 0.6) is 17.2 Å². The molecule has 0 aliphatic heterocycles. The highest BCUT2D eigenvalue weighted by Gasteiger charge is 2.12. The zero-order valence-corrected chi connectivity index (χ0v) is 17.8. The second-order valence-electron chi connectivity index (χ2n) is 6.68. The van der Waals surface area contributed by atoms with Crippen molar-refractivity contribution in [3.63, 3.8) is 0 Å². The number of benzene rings is 3. The molecule has 0 spiro atoms. The maximum absolute atomic E-state index is 6.52. The number of halogens is 1. The molecule has 0 amide bonds. The maximum Gasteiger partial charge on any atom is 0.163 e. The number of hydrogen-bond donors (Lipinski definition) is 1. The van der Waals surface area contributed by atoms with E-state index in [9.17, 15) is 0 Å². The number of nitrogens with one attached hydrogen (secondary N) is 1. The second kappa shape index (κ2) is 10.1. The number of hydrogen-bond acceptors (Lipinski definition) is 4. The molecule has 3 aromatic rings. The number of aryl methyl sites for hydroxylation is 1. The van der Waals surface area contributed by atoms with Gasteiger partial charge in [-0.1, -0.05) is 41.4 Å². The van der Waals surface area contributed by atoms with Crippen LogP contribution in [0.4, 0.5) is 5.69 Å². The Morgan fingerprint density at radius 2 is 1.59 bits per heavy atom. The molecule has 1 N–H and O–H groups in total. The van der Waals surface area contributed by atoms with Gasteiger partial charge in [0.2, 0.25) is 0 Å². The van der Waals surface area contributed by atoms with Crippen molar-refractivity contribution in [2.45, 2.75) is 27.0 Å². The normalized spacial score (nSPS) is 10.5. The number of anilines is 1. The first-order chi connectivity index (χ1) is 14.1. The smallest absolute Gasteiger partial charge is 0.163 e. The predicted molar refractivity (Wildman–Crippen MR) is 118 cm³/mol. The largest absolute Gasteiger partial charge is 0.497 e. The topological polar surface area (TPSA) is 39.7 Å². The highest BCUT2D eigenvalue weighted by Crippen LogP contribution is 2.34. The Hall–Kier alpha value is -2.85. The van der Waals surface area contributed by atoms with E-state index in [1.54, 1.807) is 7.11 Å². The summed E-state index contributed by atoms with van der Waals surface area (Å²) < 4.78 is 17.0. The lowest BCUT2D eigenvalue weighted by Crippen LogP contribution is -2.04. The number of methoxy groups -OCH3 is 1. The summed E-state index contributed by atoms with van der Waals surface area (Å²) in [5, 5.41) is 4.00. The molecule has 0 aromatic heterocycles. The van der Waals surface area contributed by atoms with Crippen LogP contribution < -0.4 is 19.5 Å². The molecule has 0 atom stereocenters. The van der Waals surface area contributed by atoms with E-state index in [4.69, 9.17) is 25.8 Å². The lowest BCUT2D eigenvalue weighted by Gasteiger charge is -2.16. The van der Waals surface area contributed by atoms with Gasteiger partial charge in [0.15, 0.2) is 11.5 Å². The molecule has 0 unspecified atom stereocenters. The fourth-order valence-electron chi connectivity index (χ4n) is 2.85. The summed E-state index contributed by atoms with van der Waals surface area (Å²) in [6.45, 7) is 5.60. The van der Waals surface area contributed by atoms with Crippen LogP contribution >= 0.6 is 11.6 Å². The standard InChI is InChI=1S/C24H26ClNO3/c1-4-28-23-13-19(15-26-20-9-11-21(27-3)12-10-20)22(25)14-24(23)29-16-18-7-5-17(2)6-8-18/h5-14,26H,4,15-16H2,1-3H3.